The third-order valence-corrected chi connectivity index (χ3v) is 3.75. The molecule has 0 bridgehead atoms. The molecule has 0 radical (unpaired) electrons. The van der Waals surface area contributed by atoms with E-state index in [0.29, 0.717) is 30.2 Å². The van der Waals surface area contributed by atoms with Crippen LogP contribution >= 0.6 is 0 Å². The van der Waals surface area contributed by atoms with Crippen molar-refractivity contribution in [2.75, 3.05) is 19.9 Å². The highest BCUT2D eigenvalue weighted by Crippen LogP contribution is 2.32. The summed E-state index contributed by atoms with van der Waals surface area (Å²) in [4.78, 5) is 12.1. The van der Waals surface area contributed by atoms with E-state index in [1.807, 2.05) is 12.1 Å². The number of ether oxygens (including phenoxy) is 3. The molecular formula is C19H21NO4. The molecule has 0 spiro atoms. The molecule has 5 nitrogen and oxygen atoms in total. The minimum atomic E-state index is -0.157. The fourth-order valence-electron chi connectivity index (χ4n) is 2.51. The molecule has 0 saturated heterocycles. The summed E-state index contributed by atoms with van der Waals surface area (Å²) >= 11 is 0. The van der Waals surface area contributed by atoms with Crippen LogP contribution in [0.2, 0.25) is 0 Å². The number of benzene rings is 2. The van der Waals surface area contributed by atoms with Crippen molar-refractivity contribution in [3.8, 4) is 17.2 Å². The lowest BCUT2D eigenvalue weighted by Gasteiger charge is -2.09. The maximum atomic E-state index is 12.1. The molecular weight excluding hydrogens is 306 g/mol. The first-order valence-electron chi connectivity index (χ1n) is 8.16. The van der Waals surface area contributed by atoms with Crippen molar-refractivity contribution in [1.29, 1.82) is 0 Å². The van der Waals surface area contributed by atoms with Gasteiger partial charge in [0.05, 0.1) is 6.54 Å². The van der Waals surface area contributed by atoms with Gasteiger partial charge in [-0.1, -0.05) is 25.5 Å². The first-order valence-corrected chi connectivity index (χ1v) is 8.16. The van der Waals surface area contributed by atoms with Crippen LogP contribution in [0.15, 0.2) is 42.5 Å². The van der Waals surface area contributed by atoms with E-state index in [2.05, 4.69) is 24.4 Å². The van der Waals surface area contributed by atoms with Crippen LogP contribution in [-0.4, -0.2) is 25.9 Å². The largest absolute Gasteiger partial charge is 0.492 e. The van der Waals surface area contributed by atoms with E-state index in [0.717, 1.165) is 18.6 Å². The van der Waals surface area contributed by atoms with Crippen LogP contribution in [0.3, 0.4) is 0 Å². The van der Waals surface area contributed by atoms with Gasteiger partial charge in [-0.15, -0.1) is 0 Å². The summed E-state index contributed by atoms with van der Waals surface area (Å²) in [5, 5.41) is 2.83. The second-order valence-electron chi connectivity index (χ2n) is 5.57. The Kier molecular flexibility index (Phi) is 5.21. The number of carbonyl (C=O) groups excluding carboxylic acids is 1. The average Bonchev–Trinajstić information content (AvgIpc) is 3.08. The van der Waals surface area contributed by atoms with Crippen LogP contribution in [0.5, 0.6) is 17.2 Å². The molecule has 1 aliphatic rings. The highest BCUT2D eigenvalue weighted by Gasteiger charge is 2.15. The summed E-state index contributed by atoms with van der Waals surface area (Å²) in [6, 6.07) is 13.2. The van der Waals surface area contributed by atoms with E-state index in [9.17, 15) is 4.79 Å². The predicted octanol–water partition coefficient (Wildman–Crippen LogP) is 3.18. The molecule has 1 N–H and O–H groups in total. The van der Waals surface area contributed by atoms with Crippen molar-refractivity contribution in [3.63, 3.8) is 0 Å². The summed E-state index contributed by atoms with van der Waals surface area (Å²) in [5.74, 6) is 1.93. The SMILES string of the molecule is CCCc1ccc(OCCNC(=O)c2ccc3c(c2)OCO3)cc1. The quantitative estimate of drug-likeness (QED) is 0.794. The Bertz CT molecular complexity index is 697. The van der Waals surface area contributed by atoms with Gasteiger partial charge in [-0.05, 0) is 42.3 Å². The lowest BCUT2D eigenvalue weighted by atomic mass is 10.1. The zero-order valence-corrected chi connectivity index (χ0v) is 13.7. The molecule has 2 aromatic carbocycles. The standard InChI is InChI=1S/C19H21NO4/c1-2-3-14-4-7-16(8-5-14)22-11-10-20-19(21)15-6-9-17-18(12-15)24-13-23-17/h4-9,12H,2-3,10-11,13H2,1H3,(H,20,21). The lowest BCUT2D eigenvalue weighted by molar-refractivity contribution is 0.0946. The molecule has 0 unspecified atom stereocenters. The summed E-state index contributed by atoms with van der Waals surface area (Å²) in [6.45, 7) is 3.21. The van der Waals surface area contributed by atoms with Gasteiger partial charge in [0.15, 0.2) is 11.5 Å². The first kappa shape index (κ1) is 16.2. The van der Waals surface area contributed by atoms with E-state index in [4.69, 9.17) is 14.2 Å². The maximum absolute atomic E-state index is 12.1. The zero-order chi connectivity index (χ0) is 16.8. The second-order valence-corrected chi connectivity index (χ2v) is 5.57. The molecule has 24 heavy (non-hydrogen) atoms. The molecule has 1 heterocycles. The number of hydrogen-bond donors (Lipinski definition) is 1. The van der Waals surface area contributed by atoms with Gasteiger partial charge < -0.3 is 19.5 Å². The van der Waals surface area contributed by atoms with Gasteiger partial charge in [-0.3, -0.25) is 4.79 Å². The van der Waals surface area contributed by atoms with E-state index in [1.54, 1.807) is 18.2 Å². The minimum Gasteiger partial charge on any atom is -0.492 e. The molecule has 3 rings (SSSR count). The summed E-state index contributed by atoms with van der Waals surface area (Å²) in [6.07, 6.45) is 2.21. The topological polar surface area (TPSA) is 56.8 Å². The van der Waals surface area contributed by atoms with Crippen molar-refractivity contribution in [1.82, 2.24) is 5.32 Å². The summed E-state index contributed by atoms with van der Waals surface area (Å²) in [5.41, 5.74) is 1.85. The van der Waals surface area contributed by atoms with E-state index in [-0.39, 0.29) is 12.7 Å². The smallest absolute Gasteiger partial charge is 0.251 e. The molecule has 0 aliphatic carbocycles. The lowest BCUT2D eigenvalue weighted by Crippen LogP contribution is -2.28. The van der Waals surface area contributed by atoms with E-state index in [1.165, 1.54) is 5.56 Å². The monoisotopic (exact) mass is 327 g/mol. The highest BCUT2D eigenvalue weighted by molar-refractivity contribution is 5.94. The molecule has 0 aromatic heterocycles. The summed E-state index contributed by atoms with van der Waals surface area (Å²) in [7, 11) is 0. The Hall–Kier alpha value is -2.69. The third kappa shape index (κ3) is 3.98. The third-order valence-electron chi connectivity index (χ3n) is 3.75. The molecule has 5 heteroatoms. The molecule has 0 saturated carbocycles. The Balaban J connectivity index is 1.43. The van der Waals surface area contributed by atoms with Crippen molar-refractivity contribution in [2.45, 2.75) is 19.8 Å². The van der Waals surface area contributed by atoms with Crippen molar-refractivity contribution in [3.05, 3.63) is 53.6 Å². The predicted molar refractivity (Wildman–Crippen MR) is 90.8 cm³/mol. The second kappa shape index (κ2) is 7.73. The molecule has 1 aliphatic heterocycles. The van der Waals surface area contributed by atoms with Crippen molar-refractivity contribution >= 4 is 5.91 Å². The molecule has 0 fully saturated rings. The number of carbonyl (C=O) groups is 1. The van der Waals surface area contributed by atoms with Crippen LogP contribution in [0.1, 0.15) is 29.3 Å². The fourth-order valence-corrected chi connectivity index (χ4v) is 2.51. The Morgan fingerprint density at radius 3 is 2.71 bits per heavy atom. The number of rotatable bonds is 7. The van der Waals surface area contributed by atoms with E-state index < -0.39 is 0 Å². The summed E-state index contributed by atoms with van der Waals surface area (Å²) < 4.78 is 16.1. The average molecular weight is 327 g/mol. The Morgan fingerprint density at radius 2 is 1.92 bits per heavy atom. The number of amides is 1. The van der Waals surface area contributed by atoms with Gasteiger partial charge >= 0.3 is 0 Å². The Labute approximate surface area is 141 Å². The normalized spacial score (nSPS) is 12.0. The maximum Gasteiger partial charge on any atom is 0.251 e. The van der Waals surface area contributed by atoms with Gasteiger partial charge in [0.25, 0.3) is 5.91 Å². The van der Waals surface area contributed by atoms with Gasteiger partial charge in [0.1, 0.15) is 12.4 Å². The van der Waals surface area contributed by atoms with Gasteiger partial charge in [-0.2, -0.15) is 0 Å². The fraction of sp³-hybridized carbons (Fsp3) is 0.316. The molecule has 2 aromatic rings. The molecule has 1 amide bonds. The van der Waals surface area contributed by atoms with Gasteiger partial charge in [0, 0.05) is 5.56 Å². The Morgan fingerprint density at radius 1 is 1.12 bits per heavy atom. The van der Waals surface area contributed by atoms with Crippen LogP contribution in [0.4, 0.5) is 0 Å². The van der Waals surface area contributed by atoms with Crippen LogP contribution in [0.25, 0.3) is 0 Å². The van der Waals surface area contributed by atoms with E-state index >= 15 is 0 Å². The van der Waals surface area contributed by atoms with Crippen LogP contribution in [0, 0.1) is 0 Å². The van der Waals surface area contributed by atoms with Crippen molar-refractivity contribution < 1.29 is 19.0 Å². The van der Waals surface area contributed by atoms with Crippen LogP contribution in [-0.2, 0) is 6.42 Å². The zero-order valence-electron chi connectivity index (χ0n) is 13.7. The van der Waals surface area contributed by atoms with Gasteiger partial charge in [-0.25, -0.2) is 0 Å². The minimum absolute atomic E-state index is 0.157. The van der Waals surface area contributed by atoms with Crippen molar-refractivity contribution in [2.24, 2.45) is 0 Å². The number of aryl methyl sites for hydroxylation is 1. The van der Waals surface area contributed by atoms with Gasteiger partial charge in [0.2, 0.25) is 6.79 Å². The number of fused-ring (bicyclic) bond motifs is 1. The number of nitrogens with one attached hydrogen (secondary N) is 1. The van der Waals surface area contributed by atoms with Crippen LogP contribution < -0.4 is 19.5 Å². The first-order chi connectivity index (χ1) is 11.8. The molecule has 126 valence electrons. The number of hydrogen-bond acceptors (Lipinski definition) is 4. The molecule has 0 atom stereocenters. The highest BCUT2D eigenvalue weighted by atomic mass is 16.7.